The summed E-state index contributed by atoms with van der Waals surface area (Å²) in [6.07, 6.45) is 1.35. The number of carbonyl (C=O) groups excluding carboxylic acids is 3. The second kappa shape index (κ2) is 11.2. The van der Waals surface area contributed by atoms with E-state index in [1.165, 1.54) is 13.2 Å². The summed E-state index contributed by atoms with van der Waals surface area (Å²) in [7, 11) is 1.45. The highest BCUT2D eigenvalue weighted by Gasteiger charge is 2.36. The van der Waals surface area contributed by atoms with Gasteiger partial charge in [0.2, 0.25) is 0 Å². The Balaban J connectivity index is 1.54. The van der Waals surface area contributed by atoms with E-state index in [0.29, 0.717) is 22.7 Å². The quantitative estimate of drug-likeness (QED) is 0.252. The van der Waals surface area contributed by atoms with Crippen LogP contribution in [-0.2, 0) is 9.59 Å². The number of ether oxygens (including phenoxy) is 3. The molecule has 1 N–H and O–H groups in total. The summed E-state index contributed by atoms with van der Waals surface area (Å²) in [4.78, 5) is 39.0. The second-order valence-electron chi connectivity index (χ2n) is 8.29. The Bertz CT molecular complexity index is 1400. The van der Waals surface area contributed by atoms with Gasteiger partial charge in [0.05, 0.1) is 17.8 Å². The summed E-state index contributed by atoms with van der Waals surface area (Å²) < 4.78 is 17.0. The Hall–Kier alpha value is -4.30. The lowest BCUT2D eigenvalue weighted by Gasteiger charge is -2.26. The number of hydrogen-bond acceptors (Lipinski definition) is 6. The molecule has 0 radical (unpaired) electrons. The summed E-state index contributed by atoms with van der Waals surface area (Å²) >= 11 is 6.47. The van der Waals surface area contributed by atoms with Gasteiger partial charge in [-0.2, -0.15) is 0 Å². The third-order valence-electron chi connectivity index (χ3n) is 5.61. The first-order valence-electron chi connectivity index (χ1n) is 11.5. The van der Waals surface area contributed by atoms with E-state index in [2.05, 4.69) is 5.32 Å². The van der Waals surface area contributed by atoms with Crippen molar-refractivity contribution >= 4 is 41.2 Å². The zero-order chi connectivity index (χ0) is 26.5. The van der Waals surface area contributed by atoms with Crippen LogP contribution in [0.2, 0.25) is 5.02 Å². The molecule has 1 fully saturated rings. The lowest BCUT2D eigenvalue weighted by atomic mass is 10.1. The fourth-order valence-electron chi connectivity index (χ4n) is 3.80. The van der Waals surface area contributed by atoms with E-state index in [1.54, 1.807) is 30.3 Å². The number of hydrogen-bond donors (Lipinski definition) is 1. The van der Waals surface area contributed by atoms with E-state index in [0.717, 1.165) is 21.8 Å². The topological polar surface area (TPSA) is 94.2 Å². The first kappa shape index (κ1) is 25.8. The number of barbiturate groups is 1. The van der Waals surface area contributed by atoms with E-state index in [-0.39, 0.29) is 23.8 Å². The molecule has 4 amide bonds. The molecule has 0 spiro atoms. The molecule has 1 saturated heterocycles. The molecule has 8 nitrogen and oxygen atoms in total. The Morgan fingerprint density at radius 2 is 1.68 bits per heavy atom. The first-order chi connectivity index (χ1) is 17.8. The van der Waals surface area contributed by atoms with Crippen molar-refractivity contribution < 1.29 is 28.6 Å². The smallest absolute Gasteiger partial charge is 0.335 e. The number of anilines is 1. The number of aryl methyl sites for hydroxylation is 2. The van der Waals surface area contributed by atoms with Crippen molar-refractivity contribution in [3.8, 4) is 17.2 Å². The SMILES string of the molecule is COc1cc(/C=C2/C(=O)NC(=O)N(c3cccc(C)c3)C2=O)cc(Cl)c1OCCOc1ccccc1C. The number of benzene rings is 3. The number of rotatable bonds is 8. The van der Waals surface area contributed by atoms with Crippen molar-refractivity contribution in [1.82, 2.24) is 5.32 Å². The molecule has 190 valence electrons. The normalized spacial score (nSPS) is 14.5. The van der Waals surface area contributed by atoms with E-state index in [4.69, 9.17) is 25.8 Å². The average Bonchev–Trinajstić information content (AvgIpc) is 2.86. The van der Waals surface area contributed by atoms with E-state index in [9.17, 15) is 14.4 Å². The number of para-hydroxylation sites is 1. The minimum absolute atomic E-state index is 0.208. The molecule has 9 heteroatoms. The highest BCUT2D eigenvalue weighted by atomic mass is 35.5. The fraction of sp³-hybridized carbons (Fsp3) is 0.179. The second-order valence-corrected chi connectivity index (χ2v) is 8.70. The number of nitrogens with one attached hydrogen (secondary N) is 1. The lowest BCUT2D eigenvalue weighted by molar-refractivity contribution is -0.122. The minimum atomic E-state index is -0.815. The predicted molar refractivity (Wildman–Crippen MR) is 140 cm³/mol. The van der Waals surface area contributed by atoms with Crippen molar-refractivity contribution in [3.63, 3.8) is 0 Å². The summed E-state index contributed by atoms with van der Waals surface area (Å²) in [5, 5.41) is 2.43. The van der Waals surface area contributed by atoms with Crippen LogP contribution in [0.15, 0.2) is 66.2 Å². The Morgan fingerprint density at radius 3 is 2.41 bits per heavy atom. The van der Waals surface area contributed by atoms with Crippen molar-refractivity contribution in [2.45, 2.75) is 13.8 Å². The van der Waals surface area contributed by atoms with Gasteiger partial charge >= 0.3 is 6.03 Å². The van der Waals surface area contributed by atoms with Gasteiger partial charge in [-0.05, 0) is 66.9 Å². The van der Waals surface area contributed by atoms with Crippen LogP contribution < -0.4 is 24.4 Å². The maximum absolute atomic E-state index is 13.2. The maximum atomic E-state index is 13.2. The van der Waals surface area contributed by atoms with Gasteiger partial charge in [-0.3, -0.25) is 14.9 Å². The molecule has 4 rings (SSSR count). The first-order valence-corrected chi connectivity index (χ1v) is 11.8. The zero-order valence-corrected chi connectivity index (χ0v) is 21.3. The van der Waals surface area contributed by atoms with Gasteiger partial charge in [-0.25, -0.2) is 9.69 Å². The van der Waals surface area contributed by atoms with E-state index < -0.39 is 17.8 Å². The molecular weight excluding hydrogens is 496 g/mol. The van der Waals surface area contributed by atoms with Crippen LogP contribution in [0.3, 0.4) is 0 Å². The Labute approximate surface area is 219 Å². The van der Waals surface area contributed by atoms with Crippen LogP contribution >= 0.6 is 11.6 Å². The fourth-order valence-corrected chi connectivity index (χ4v) is 4.08. The molecule has 1 aliphatic rings. The van der Waals surface area contributed by atoms with Crippen molar-refractivity contribution in [2.75, 3.05) is 25.2 Å². The number of urea groups is 1. The number of nitrogens with zero attached hydrogens (tertiary/aromatic N) is 1. The van der Waals surface area contributed by atoms with Crippen LogP contribution in [0.1, 0.15) is 16.7 Å². The molecule has 0 saturated carbocycles. The van der Waals surface area contributed by atoms with Gasteiger partial charge in [0.25, 0.3) is 11.8 Å². The predicted octanol–water partition coefficient (Wildman–Crippen LogP) is 5.09. The number of methoxy groups -OCH3 is 1. The van der Waals surface area contributed by atoms with Crippen LogP contribution in [0.25, 0.3) is 6.08 Å². The molecule has 3 aromatic carbocycles. The molecule has 0 bridgehead atoms. The Morgan fingerprint density at radius 1 is 0.919 bits per heavy atom. The van der Waals surface area contributed by atoms with Crippen molar-refractivity contribution in [3.05, 3.63) is 87.9 Å². The summed E-state index contributed by atoms with van der Waals surface area (Å²) in [5.41, 5.74) is 2.42. The molecule has 1 heterocycles. The lowest BCUT2D eigenvalue weighted by Crippen LogP contribution is -2.54. The van der Waals surface area contributed by atoms with Crippen LogP contribution in [0.4, 0.5) is 10.5 Å². The molecule has 0 aromatic heterocycles. The Kier molecular flexibility index (Phi) is 7.79. The zero-order valence-electron chi connectivity index (χ0n) is 20.5. The minimum Gasteiger partial charge on any atom is -0.493 e. The van der Waals surface area contributed by atoms with E-state index in [1.807, 2.05) is 44.2 Å². The van der Waals surface area contributed by atoms with Crippen molar-refractivity contribution in [1.29, 1.82) is 0 Å². The van der Waals surface area contributed by atoms with Crippen molar-refractivity contribution in [2.24, 2.45) is 0 Å². The average molecular weight is 521 g/mol. The molecule has 3 aromatic rings. The number of halogens is 1. The third-order valence-corrected chi connectivity index (χ3v) is 5.89. The number of amides is 4. The highest BCUT2D eigenvalue weighted by molar-refractivity contribution is 6.39. The van der Waals surface area contributed by atoms with Gasteiger partial charge < -0.3 is 14.2 Å². The largest absolute Gasteiger partial charge is 0.493 e. The third kappa shape index (κ3) is 5.76. The molecule has 37 heavy (non-hydrogen) atoms. The molecular formula is C28H25ClN2O6. The highest BCUT2D eigenvalue weighted by Crippen LogP contribution is 2.37. The van der Waals surface area contributed by atoms with Gasteiger partial charge in [-0.1, -0.05) is 41.9 Å². The van der Waals surface area contributed by atoms with Gasteiger partial charge in [0.15, 0.2) is 11.5 Å². The molecule has 0 unspecified atom stereocenters. The van der Waals surface area contributed by atoms with E-state index >= 15 is 0 Å². The van der Waals surface area contributed by atoms with Crippen LogP contribution in [-0.4, -0.2) is 38.2 Å². The maximum Gasteiger partial charge on any atom is 0.335 e. The number of carbonyl (C=O) groups is 3. The number of imide groups is 2. The summed E-state index contributed by atoms with van der Waals surface area (Å²) in [5.74, 6) is -0.174. The monoisotopic (exact) mass is 520 g/mol. The van der Waals surface area contributed by atoms with Gasteiger partial charge in [-0.15, -0.1) is 0 Å². The molecule has 0 atom stereocenters. The standard InChI is InChI=1S/C28H25ClN2O6/c1-17-7-6-9-20(13-17)31-27(33)21(26(32)30-28(31)34)14-19-15-22(29)25(24(16-19)35-3)37-12-11-36-23-10-5-4-8-18(23)2/h4-10,13-16H,11-12H2,1-3H3,(H,30,32,34)/b21-14-. The molecule has 1 aliphatic heterocycles. The van der Waals surface area contributed by atoms with Crippen LogP contribution in [0.5, 0.6) is 17.2 Å². The van der Waals surface area contributed by atoms with Gasteiger partial charge in [0.1, 0.15) is 24.5 Å². The molecule has 0 aliphatic carbocycles. The van der Waals surface area contributed by atoms with Gasteiger partial charge in [0, 0.05) is 0 Å². The van der Waals surface area contributed by atoms with Crippen LogP contribution in [0, 0.1) is 13.8 Å². The summed E-state index contributed by atoms with van der Waals surface area (Å²) in [6.45, 7) is 4.29. The summed E-state index contributed by atoms with van der Waals surface area (Å²) in [6, 6.07) is 16.8.